The predicted molar refractivity (Wildman–Crippen MR) is 86.3 cm³/mol. The molecular formula is C17H17BrO3. The van der Waals surface area contributed by atoms with Crippen molar-refractivity contribution in [3.63, 3.8) is 0 Å². The Labute approximate surface area is 132 Å². The molecule has 0 amide bonds. The van der Waals surface area contributed by atoms with Gasteiger partial charge in [-0.05, 0) is 48.2 Å². The molecule has 2 aromatic carbocycles. The smallest absolute Gasteiger partial charge is 0.339 e. The van der Waals surface area contributed by atoms with E-state index in [4.69, 9.17) is 4.74 Å². The zero-order chi connectivity index (χ0) is 15.4. The summed E-state index contributed by atoms with van der Waals surface area (Å²) in [5, 5.41) is 9.19. The zero-order valence-corrected chi connectivity index (χ0v) is 13.6. The minimum absolute atomic E-state index is 0.143. The number of halogens is 1. The van der Waals surface area contributed by atoms with Crippen molar-refractivity contribution in [1.82, 2.24) is 0 Å². The highest BCUT2D eigenvalue weighted by Crippen LogP contribution is 2.30. The van der Waals surface area contributed by atoms with Crippen molar-refractivity contribution in [2.75, 3.05) is 0 Å². The molecule has 110 valence electrons. The first-order chi connectivity index (χ1) is 10.0. The van der Waals surface area contributed by atoms with Crippen LogP contribution in [0.25, 0.3) is 0 Å². The number of ether oxygens (including phenoxy) is 1. The van der Waals surface area contributed by atoms with Crippen LogP contribution in [-0.2, 0) is 0 Å². The van der Waals surface area contributed by atoms with Gasteiger partial charge in [0.2, 0.25) is 0 Å². The molecule has 1 N–H and O–H groups in total. The van der Waals surface area contributed by atoms with Gasteiger partial charge < -0.3 is 9.84 Å². The van der Waals surface area contributed by atoms with Gasteiger partial charge in [-0.3, -0.25) is 0 Å². The first-order valence-corrected chi connectivity index (χ1v) is 7.61. The molecule has 1 atom stereocenters. The number of aromatic carboxylic acids is 1. The molecule has 0 aromatic heterocycles. The molecular weight excluding hydrogens is 332 g/mol. The van der Waals surface area contributed by atoms with Crippen molar-refractivity contribution in [3.8, 4) is 11.5 Å². The van der Waals surface area contributed by atoms with Gasteiger partial charge in [0.25, 0.3) is 0 Å². The lowest BCUT2D eigenvalue weighted by Crippen LogP contribution is -2.00. The standard InChI is InChI=1S/C17H17BrO3/c1-3-11(2)12-4-7-14(8-5-12)21-16-10-13(18)6-9-15(16)17(19)20/h4-11H,3H2,1-2H3,(H,19,20). The van der Waals surface area contributed by atoms with Gasteiger partial charge in [-0.25, -0.2) is 4.79 Å². The van der Waals surface area contributed by atoms with E-state index in [1.165, 1.54) is 11.6 Å². The van der Waals surface area contributed by atoms with Gasteiger partial charge in [0.1, 0.15) is 17.1 Å². The van der Waals surface area contributed by atoms with E-state index < -0.39 is 5.97 Å². The Morgan fingerprint density at radius 2 is 1.90 bits per heavy atom. The van der Waals surface area contributed by atoms with E-state index in [0.717, 1.165) is 10.9 Å². The van der Waals surface area contributed by atoms with Crippen LogP contribution in [-0.4, -0.2) is 11.1 Å². The topological polar surface area (TPSA) is 46.5 Å². The quantitative estimate of drug-likeness (QED) is 0.780. The molecule has 0 aliphatic heterocycles. The molecule has 0 saturated carbocycles. The third-order valence-corrected chi connectivity index (χ3v) is 3.96. The number of rotatable bonds is 5. The van der Waals surface area contributed by atoms with Crippen molar-refractivity contribution in [2.24, 2.45) is 0 Å². The van der Waals surface area contributed by atoms with E-state index in [-0.39, 0.29) is 5.56 Å². The van der Waals surface area contributed by atoms with Crippen molar-refractivity contribution < 1.29 is 14.6 Å². The lowest BCUT2D eigenvalue weighted by molar-refractivity contribution is 0.0694. The first-order valence-electron chi connectivity index (χ1n) is 6.82. The van der Waals surface area contributed by atoms with Crippen LogP contribution >= 0.6 is 15.9 Å². The molecule has 0 heterocycles. The third kappa shape index (κ3) is 3.85. The van der Waals surface area contributed by atoms with Gasteiger partial charge >= 0.3 is 5.97 Å². The first kappa shape index (κ1) is 15.6. The fourth-order valence-electron chi connectivity index (χ4n) is 1.98. The molecule has 2 rings (SSSR count). The minimum atomic E-state index is -1.01. The van der Waals surface area contributed by atoms with E-state index >= 15 is 0 Å². The monoisotopic (exact) mass is 348 g/mol. The molecule has 3 nitrogen and oxygen atoms in total. The molecule has 0 fully saturated rings. The van der Waals surface area contributed by atoms with E-state index in [2.05, 4.69) is 29.8 Å². The molecule has 0 aliphatic rings. The number of carboxylic acid groups (broad SMARTS) is 1. The Hall–Kier alpha value is -1.81. The number of hydrogen-bond donors (Lipinski definition) is 1. The van der Waals surface area contributed by atoms with Crippen LogP contribution in [0.2, 0.25) is 0 Å². The third-order valence-electron chi connectivity index (χ3n) is 3.46. The highest BCUT2D eigenvalue weighted by molar-refractivity contribution is 9.10. The van der Waals surface area contributed by atoms with Crippen LogP contribution in [0.1, 0.15) is 42.1 Å². The van der Waals surface area contributed by atoms with Crippen LogP contribution in [0.5, 0.6) is 11.5 Å². The summed E-state index contributed by atoms with van der Waals surface area (Å²) in [6.45, 7) is 4.32. The summed E-state index contributed by atoms with van der Waals surface area (Å²) >= 11 is 3.33. The average molecular weight is 349 g/mol. The van der Waals surface area contributed by atoms with Gasteiger partial charge in [-0.15, -0.1) is 0 Å². The Morgan fingerprint density at radius 1 is 1.24 bits per heavy atom. The minimum Gasteiger partial charge on any atom is -0.478 e. The summed E-state index contributed by atoms with van der Waals surface area (Å²) in [7, 11) is 0. The predicted octanol–water partition coefficient (Wildman–Crippen LogP) is 5.45. The van der Waals surface area contributed by atoms with E-state index in [1.807, 2.05) is 24.3 Å². The molecule has 21 heavy (non-hydrogen) atoms. The van der Waals surface area contributed by atoms with Crippen LogP contribution in [0.4, 0.5) is 0 Å². The maximum Gasteiger partial charge on any atom is 0.339 e. The molecule has 0 spiro atoms. The van der Waals surface area contributed by atoms with Crippen molar-refractivity contribution in [2.45, 2.75) is 26.2 Å². The maximum atomic E-state index is 11.2. The SMILES string of the molecule is CCC(C)c1ccc(Oc2cc(Br)ccc2C(=O)O)cc1. The maximum absolute atomic E-state index is 11.2. The van der Waals surface area contributed by atoms with Gasteiger partial charge in [0.15, 0.2) is 0 Å². The zero-order valence-electron chi connectivity index (χ0n) is 12.0. The Balaban J connectivity index is 2.26. The molecule has 4 heteroatoms. The number of carbonyl (C=O) groups is 1. The molecule has 0 saturated heterocycles. The number of carboxylic acids is 1. The lowest BCUT2D eigenvalue weighted by atomic mass is 9.99. The Morgan fingerprint density at radius 3 is 2.48 bits per heavy atom. The van der Waals surface area contributed by atoms with Crippen LogP contribution in [0, 0.1) is 0 Å². The molecule has 1 unspecified atom stereocenters. The molecule has 0 bridgehead atoms. The van der Waals surface area contributed by atoms with Crippen LogP contribution in [0.3, 0.4) is 0 Å². The average Bonchev–Trinajstić information content (AvgIpc) is 2.47. The fraction of sp³-hybridized carbons (Fsp3) is 0.235. The highest BCUT2D eigenvalue weighted by atomic mass is 79.9. The summed E-state index contributed by atoms with van der Waals surface area (Å²) in [6, 6.07) is 12.6. The summed E-state index contributed by atoms with van der Waals surface area (Å²) in [5.41, 5.74) is 1.39. The Kier molecular flexibility index (Phi) is 5.02. The van der Waals surface area contributed by atoms with E-state index in [0.29, 0.717) is 17.4 Å². The normalized spacial score (nSPS) is 12.0. The summed E-state index contributed by atoms with van der Waals surface area (Å²) in [5.74, 6) is 0.448. The summed E-state index contributed by atoms with van der Waals surface area (Å²) < 4.78 is 6.49. The largest absolute Gasteiger partial charge is 0.478 e. The fourth-order valence-corrected chi connectivity index (χ4v) is 2.32. The van der Waals surface area contributed by atoms with Crippen molar-refractivity contribution in [1.29, 1.82) is 0 Å². The molecule has 2 aromatic rings. The number of hydrogen-bond acceptors (Lipinski definition) is 2. The van der Waals surface area contributed by atoms with Crippen LogP contribution in [0.15, 0.2) is 46.9 Å². The lowest BCUT2D eigenvalue weighted by Gasteiger charge is -2.12. The summed E-state index contributed by atoms with van der Waals surface area (Å²) in [6.07, 6.45) is 1.08. The van der Waals surface area contributed by atoms with Gasteiger partial charge in [0, 0.05) is 4.47 Å². The van der Waals surface area contributed by atoms with Gasteiger partial charge in [-0.1, -0.05) is 41.9 Å². The highest BCUT2D eigenvalue weighted by Gasteiger charge is 2.12. The van der Waals surface area contributed by atoms with E-state index in [9.17, 15) is 9.90 Å². The second-order valence-electron chi connectivity index (χ2n) is 4.93. The molecule has 0 aliphatic carbocycles. The van der Waals surface area contributed by atoms with Gasteiger partial charge in [-0.2, -0.15) is 0 Å². The number of benzene rings is 2. The summed E-state index contributed by atoms with van der Waals surface area (Å²) in [4.78, 5) is 11.2. The van der Waals surface area contributed by atoms with Crippen molar-refractivity contribution >= 4 is 21.9 Å². The molecule has 0 radical (unpaired) electrons. The van der Waals surface area contributed by atoms with Crippen LogP contribution < -0.4 is 4.74 Å². The Bertz CT molecular complexity index is 635. The van der Waals surface area contributed by atoms with Crippen molar-refractivity contribution in [3.05, 3.63) is 58.1 Å². The second-order valence-corrected chi connectivity index (χ2v) is 5.84. The van der Waals surface area contributed by atoms with Gasteiger partial charge in [0.05, 0.1) is 0 Å². The van der Waals surface area contributed by atoms with E-state index in [1.54, 1.807) is 12.1 Å². The second kappa shape index (κ2) is 6.76.